The van der Waals surface area contributed by atoms with Gasteiger partial charge in [-0.3, -0.25) is 4.90 Å². The minimum absolute atomic E-state index is 0.236. The van der Waals surface area contributed by atoms with Gasteiger partial charge in [0.05, 0.1) is 17.0 Å². The molecule has 43 heavy (non-hydrogen) atoms. The maximum absolute atomic E-state index is 6.44. The highest BCUT2D eigenvalue weighted by Gasteiger charge is 2.44. The lowest BCUT2D eigenvalue weighted by molar-refractivity contribution is -0.159. The third-order valence-electron chi connectivity index (χ3n) is 7.89. The summed E-state index contributed by atoms with van der Waals surface area (Å²) in [4.78, 5) is 14.3. The van der Waals surface area contributed by atoms with Crippen LogP contribution in [0.3, 0.4) is 0 Å². The molecule has 0 unspecified atom stereocenters. The maximum atomic E-state index is 6.44. The summed E-state index contributed by atoms with van der Waals surface area (Å²) in [6.07, 6.45) is 1.74. The summed E-state index contributed by atoms with van der Waals surface area (Å²) in [5.74, 6) is 0.596. The van der Waals surface area contributed by atoms with Crippen LogP contribution in [0.2, 0.25) is 10.0 Å². The Bertz CT molecular complexity index is 1540. The number of hydrogen-bond donors (Lipinski definition) is 0. The summed E-state index contributed by atoms with van der Waals surface area (Å²) in [7, 11) is 0. The third-order valence-corrected chi connectivity index (χ3v) is 9.18. The first-order valence-corrected chi connectivity index (χ1v) is 16.2. The summed E-state index contributed by atoms with van der Waals surface area (Å²) >= 11 is 16.0. The fraction of sp³-hybridized carbons (Fsp3) is 0.333. The van der Waals surface area contributed by atoms with Gasteiger partial charge in [0.25, 0.3) is 0 Å². The molecule has 2 fully saturated rings. The number of benzene rings is 3. The van der Waals surface area contributed by atoms with Crippen LogP contribution in [0.5, 0.6) is 5.75 Å². The van der Waals surface area contributed by atoms with Crippen molar-refractivity contribution in [2.45, 2.75) is 25.4 Å². The van der Waals surface area contributed by atoms with E-state index in [9.17, 15) is 0 Å². The van der Waals surface area contributed by atoms with Gasteiger partial charge in [-0.05, 0) is 43.3 Å². The van der Waals surface area contributed by atoms with Crippen LogP contribution in [0.25, 0.3) is 11.4 Å². The fourth-order valence-electron chi connectivity index (χ4n) is 5.45. The predicted molar refractivity (Wildman–Crippen MR) is 174 cm³/mol. The lowest BCUT2D eigenvalue weighted by Gasteiger charge is -2.36. The fourth-order valence-corrected chi connectivity index (χ4v) is 6.60. The van der Waals surface area contributed by atoms with Crippen molar-refractivity contribution in [3.8, 4) is 17.1 Å². The lowest BCUT2D eigenvalue weighted by atomic mass is 10.1. The Labute approximate surface area is 270 Å². The van der Waals surface area contributed by atoms with Gasteiger partial charge in [0.1, 0.15) is 18.5 Å². The average molecular weight is 684 g/mol. The van der Waals surface area contributed by atoms with Crippen LogP contribution in [0.1, 0.15) is 16.8 Å². The molecule has 0 saturated carbocycles. The van der Waals surface area contributed by atoms with E-state index in [1.807, 2.05) is 54.7 Å². The van der Waals surface area contributed by atoms with Crippen molar-refractivity contribution in [1.29, 1.82) is 0 Å². The summed E-state index contributed by atoms with van der Waals surface area (Å²) in [5, 5.41) is 1.51. The zero-order valence-corrected chi connectivity index (χ0v) is 27.0. The second-order valence-corrected chi connectivity index (χ2v) is 12.2. The van der Waals surface area contributed by atoms with E-state index < -0.39 is 5.79 Å². The van der Waals surface area contributed by atoms with Crippen LogP contribution >= 0.6 is 39.1 Å². The number of halogens is 3. The van der Waals surface area contributed by atoms with Crippen LogP contribution in [-0.4, -0.2) is 65.7 Å². The van der Waals surface area contributed by atoms with Crippen LogP contribution in [-0.2, 0) is 21.8 Å². The number of piperazine rings is 1. The van der Waals surface area contributed by atoms with Crippen molar-refractivity contribution in [2.24, 2.45) is 0 Å². The molecule has 10 heteroatoms. The molecule has 4 aromatic rings. The van der Waals surface area contributed by atoms with E-state index in [1.54, 1.807) is 12.1 Å². The van der Waals surface area contributed by atoms with Crippen LogP contribution < -0.4 is 9.64 Å². The van der Waals surface area contributed by atoms with E-state index in [4.69, 9.17) is 42.4 Å². The highest BCUT2D eigenvalue weighted by molar-refractivity contribution is 9.09. The van der Waals surface area contributed by atoms with Crippen molar-refractivity contribution >= 4 is 44.8 Å². The Hall–Kier alpha value is -2.72. The molecular weight excluding hydrogens is 651 g/mol. The molecular formula is C33H33BrCl2N4O3. The van der Waals surface area contributed by atoms with Gasteiger partial charge in [0.15, 0.2) is 5.82 Å². The molecule has 2 aliphatic heterocycles. The number of aromatic nitrogens is 2. The molecule has 0 spiro atoms. The number of aryl methyl sites for hydroxylation is 1. The van der Waals surface area contributed by atoms with Gasteiger partial charge in [-0.25, -0.2) is 9.97 Å². The van der Waals surface area contributed by atoms with Crippen molar-refractivity contribution in [2.75, 3.05) is 49.6 Å². The van der Waals surface area contributed by atoms with Crippen LogP contribution in [0, 0.1) is 6.92 Å². The molecule has 0 amide bonds. The lowest BCUT2D eigenvalue weighted by Crippen LogP contribution is -2.46. The first kappa shape index (κ1) is 30.3. The van der Waals surface area contributed by atoms with Gasteiger partial charge in [-0.15, -0.1) is 0 Å². The molecule has 224 valence electrons. The zero-order valence-electron chi connectivity index (χ0n) is 23.9. The molecule has 3 aromatic carbocycles. The molecule has 2 aliphatic rings. The van der Waals surface area contributed by atoms with Gasteiger partial charge >= 0.3 is 0 Å². The molecule has 0 aliphatic carbocycles. The number of hydrogen-bond acceptors (Lipinski definition) is 7. The molecule has 1 aromatic heterocycles. The Morgan fingerprint density at radius 3 is 2.47 bits per heavy atom. The first-order chi connectivity index (χ1) is 20.9. The average Bonchev–Trinajstić information content (AvgIpc) is 3.46. The van der Waals surface area contributed by atoms with E-state index in [-0.39, 0.29) is 6.10 Å². The minimum Gasteiger partial charge on any atom is -0.491 e. The molecule has 2 saturated heterocycles. The van der Waals surface area contributed by atoms with Gasteiger partial charge < -0.3 is 19.1 Å². The van der Waals surface area contributed by atoms with Crippen LogP contribution in [0.15, 0.2) is 79.0 Å². The molecule has 6 rings (SSSR count). The largest absolute Gasteiger partial charge is 0.491 e. The normalized spacial score (nSPS) is 20.8. The van der Waals surface area contributed by atoms with Crippen molar-refractivity contribution in [3.05, 3.63) is 106 Å². The second kappa shape index (κ2) is 13.5. The van der Waals surface area contributed by atoms with Crippen LogP contribution in [0.4, 0.5) is 5.69 Å². The first-order valence-electron chi connectivity index (χ1n) is 14.3. The van der Waals surface area contributed by atoms with Crippen molar-refractivity contribution in [1.82, 2.24) is 14.9 Å². The third kappa shape index (κ3) is 7.00. The van der Waals surface area contributed by atoms with Gasteiger partial charge in [-0.2, -0.15) is 0 Å². The van der Waals surface area contributed by atoms with E-state index in [0.717, 1.165) is 61.1 Å². The van der Waals surface area contributed by atoms with Crippen molar-refractivity contribution < 1.29 is 14.2 Å². The maximum Gasteiger partial charge on any atom is 0.206 e. The second-order valence-electron chi connectivity index (χ2n) is 10.8. The predicted octanol–water partition coefficient (Wildman–Crippen LogP) is 7.12. The van der Waals surface area contributed by atoms with Gasteiger partial charge in [0, 0.05) is 72.0 Å². The molecule has 0 radical (unpaired) electrons. The molecule has 7 nitrogen and oxygen atoms in total. The molecule has 3 heterocycles. The number of alkyl halides is 1. The van der Waals surface area contributed by atoms with E-state index in [1.165, 1.54) is 11.3 Å². The smallest absolute Gasteiger partial charge is 0.206 e. The Morgan fingerprint density at radius 1 is 1.00 bits per heavy atom. The highest BCUT2D eigenvalue weighted by Crippen LogP contribution is 2.40. The minimum atomic E-state index is -0.973. The van der Waals surface area contributed by atoms with Gasteiger partial charge in [-0.1, -0.05) is 75.5 Å². The molecule has 2 atom stereocenters. The Morgan fingerprint density at radius 2 is 1.77 bits per heavy atom. The zero-order chi connectivity index (χ0) is 29.8. The van der Waals surface area contributed by atoms with Gasteiger partial charge in [0.2, 0.25) is 5.79 Å². The standard InChI is InChI=1S/C33H33BrCl2N4O3/c1-23-25(18-37-32(38-23)24-5-3-2-4-6-24)19-39-13-15-40(16-14-39)27-8-10-28(11-9-27)41-20-29-21-42-33(22-34,43-29)30-12-7-26(35)17-31(30)36/h2-12,17-18,29H,13-16,19-22H2,1H3/t29-,33-/m1/s1. The van der Waals surface area contributed by atoms with Crippen molar-refractivity contribution in [3.63, 3.8) is 0 Å². The van der Waals surface area contributed by atoms with E-state index in [2.05, 4.69) is 49.8 Å². The van der Waals surface area contributed by atoms with E-state index in [0.29, 0.717) is 28.6 Å². The quantitative estimate of drug-likeness (QED) is 0.174. The number of ether oxygens (including phenoxy) is 3. The Kier molecular flexibility index (Phi) is 9.52. The summed E-state index contributed by atoms with van der Waals surface area (Å²) in [6, 6.07) is 23.7. The molecule has 0 bridgehead atoms. The summed E-state index contributed by atoms with van der Waals surface area (Å²) < 4.78 is 18.4. The number of nitrogens with zero attached hydrogens (tertiary/aromatic N) is 4. The highest BCUT2D eigenvalue weighted by atomic mass is 79.9. The topological polar surface area (TPSA) is 60.0 Å². The number of rotatable bonds is 9. The SMILES string of the molecule is Cc1nc(-c2ccccc2)ncc1CN1CCN(c2ccc(OC[C@@H]3CO[C@@](CBr)(c4ccc(Cl)cc4Cl)O3)cc2)CC1. The monoisotopic (exact) mass is 682 g/mol. The summed E-state index contributed by atoms with van der Waals surface area (Å²) in [6.45, 7) is 7.56. The Balaban J connectivity index is 0.982. The number of anilines is 1. The molecule has 0 N–H and O–H groups in total. The van der Waals surface area contributed by atoms with E-state index >= 15 is 0 Å². The summed E-state index contributed by atoms with van der Waals surface area (Å²) in [5.41, 5.74) is 5.19.